The van der Waals surface area contributed by atoms with Crippen molar-refractivity contribution in [2.45, 2.75) is 24.2 Å². The van der Waals surface area contributed by atoms with Gasteiger partial charge in [0.15, 0.2) is 5.13 Å². The molecule has 11 heteroatoms. The Morgan fingerprint density at radius 1 is 1.00 bits per heavy atom. The molecule has 0 unspecified atom stereocenters. The van der Waals surface area contributed by atoms with E-state index in [4.69, 9.17) is 4.74 Å². The van der Waals surface area contributed by atoms with Crippen molar-refractivity contribution in [2.75, 3.05) is 49.6 Å². The molecule has 1 N–H and O–H groups in total. The lowest BCUT2D eigenvalue weighted by Gasteiger charge is -2.31. The van der Waals surface area contributed by atoms with Crippen molar-refractivity contribution in [3.05, 3.63) is 53.5 Å². The van der Waals surface area contributed by atoms with Gasteiger partial charge in [-0.1, -0.05) is 12.5 Å². The van der Waals surface area contributed by atoms with Gasteiger partial charge in [-0.2, -0.15) is 4.31 Å². The minimum atomic E-state index is -3.68. The van der Waals surface area contributed by atoms with Crippen LogP contribution in [0.4, 0.5) is 10.8 Å². The number of rotatable bonds is 6. The molecule has 35 heavy (non-hydrogen) atoms. The summed E-state index contributed by atoms with van der Waals surface area (Å²) in [5.41, 5.74) is 2.37. The number of carbonyl (C=O) groups excluding carboxylic acids is 1. The molecule has 9 nitrogen and oxygen atoms in total. The van der Waals surface area contributed by atoms with Crippen molar-refractivity contribution in [1.29, 1.82) is 0 Å². The van der Waals surface area contributed by atoms with Crippen molar-refractivity contribution < 1.29 is 17.9 Å². The summed E-state index contributed by atoms with van der Waals surface area (Å²) in [4.78, 5) is 24.4. The zero-order chi connectivity index (χ0) is 24.3. The second-order valence-corrected chi connectivity index (χ2v) is 11.2. The number of nitrogens with zero attached hydrogens (tertiary/aromatic N) is 4. The number of thiazole rings is 1. The molecule has 0 atom stereocenters. The van der Waals surface area contributed by atoms with E-state index in [9.17, 15) is 13.2 Å². The molecule has 1 aromatic carbocycles. The number of nitrogens with one attached hydrogen (secondary N) is 1. The van der Waals surface area contributed by atoms with Gasteiger partial charge in [-0.3, -0.25) is 15.1 Å². The summed E-state index contributed by atoms with van der Waals surface area (Å²) in [6, 6.07) is 10.4. The van der Waals surface area contributed by atoms with Gasteiger partial charge < -0.3 is 9.64 Å². The van der Waals surface area contributed by atoms with Gasteiger partial charge in [-0.15, -0.1) is 11.3 Å². The van der Waals surface area contributed by atoms with Crippen LogP contribution >= 0.6 is 11.3 Å². The van der Waals surface area contributed by atoms with E-state index in [1.54, 1.807) is 18.3 Å². The van der Waals surface area contributed by atoms with Gasteiger partial charge in [0, 0.05) is 43.4 Å². The molecule has 2 aliphatic heterocycles. The summed E-state index contributed by atoms with van der Waals surface area (Å²) in [6.07, 6.45) is 4.42. The molecule has 0 spiro atoms. The van der Waals surface area contributed by atoms with Crippen LogP contribution in [-0.2, 0) is 14.8 Å². The Kier molecular flexibility index (Phi) is 7.09. The van der Waals surface area contributed by atoms with Gasteiger partial charge in [0.25, 0.3) is 5.91 Å². The van der Waals surface area contributed by atoms with Crippen LogP contribution in [0.3, 0.4) is 0 Å². The number of anilines is 2. The number of hydrogen-bond donors (Lipinski definition) is 1. The van der Waals surface area contributed by atoms with Gasteiger partial charge in [-0.05, 0) is 43.2 Å². The van der Waals surface area contributed by atoms with Crippen molar-refractivity contribution >= 4 is 38.1 Å². The molecule has 3 aromatic rings. The Hall–Kier alpha value is -2.86. The first kappa shape index (κ1) is 23.9. The third-order valence-corrected chi connectivity index (χ3v) is 8.82. The number of sulfonamides is 1. The predicted octanol–water partition coefficient (Wildman–Crippen LogP) is 3.47. The molecule has 2 aromatic heterocycles. The number of morpholine rings is 1. The van der Waals surface area contributed by atoms with Crippen LogP contribution in [0.1, 0.15) is 29.6 Å². The smallest absolute Gasteiger partial charge is 0.259 e. The standard InChI is InChI=1S/C24H27N5O4S2/c30-23(27-24-26-21(17-34-24)20-6-2-3-9-25-20)19-16-18(35(31,32)29-10-4-1-5-11-29)7-8-22(19)28-12-14-33-15-13-28/h2-3,6-9,16-17H,1,4-5,10-15H2,(H,26,27,30). The van der Waals surface area contributed by atoms with E-state index in [1.165, 1.54) is 21.7 Å². The molecule has 0 saturated carbocycles. The normalized spacial score (nSPS) is 17.3. The fourth-order valence-electron chi connectivity index (χ4n) is 4.32. The lowest BCUT2D eigenvalue weighted by molar-refractivity contribution is 0.102. The Labute approximate surface area is 208 Å². The van der Waals surface area contributed by atoms with Gasteiger partial charge in [0.2, 0.25) is 10.0 Å². The summed E-state index contributed by atoms with van der Waals surface area (Å²) in [6.45, 7) is 3.36. The minimum absolute atomic E-state index is 0.134. The maximum Gasteiger partial charge on any atom is 0.259 e. The first-order valence-corrected chi connectivity index (χ1v) is 14.0. The topological polar surface area (TPSA) is 105 Å². The molecule has 5 rings (SSSR count). The van der Waals surface area contributed by atoms with Crippen molar-refractivity contribution in [1.82, 2.24) is 14.3 Å². The summed E-state index contributed by atoms with van der Waals surface area (Å²) >= 11 is 1.30. The van der Waals surface area contributed by atoms with Gasteiger partial charge in [0.1, 0.15) is 5.69 Å². The van der Waals surface area contributed by atoms with E-state index in [0.29, 0.717) is 67.2 Å². The highest BCUT2D eigenvalue weighted by Crippen LogP contribution is 2.30. The highest BCUT2D eigenvalue weighted by Gasteiger charge is 2.29. The number of amides is 1. The van der Waals surface area contributed by atoms with E-state index in [1.807, 2.05) is 23.6 Å². The van der Waals surface area contributed by atoms with E-state index in [0.717, 1.165) is 19.3 Å². The van der Waals surface area contributed by atoms with Crippen molar-refractivity contribution in [3.63, 3.8) is 0 Å². The number of aromatic nitrogens is 2. The van der Waals surface area contributed by atoms with Gasteiger partial charge in [-0.25, -0.2) is 13.4 Å². The molecule has 1 amide bonds. The second kappa shape index (κ2) is 10.4. The summed E-state index contributed by atoms with van der Waals surface area (Å²) < 4.78 is 33.6. The zero-order valence-corrected chi connectivity index (χ0v) is 20.9. The van der Waals surface area contributed by atoms with Crippen LogP contribution in [0.15, 0.2) is 52.9 Å². The third kappa shape index (κ3) is 5.22. The third-order valence-electron chi connectivity index (χ3n) is 6.17. The maximum atomic E-state index is 13.5. The highest BCUT2D eigenvalue weighted by atomic mass is 32.2. The van der Waals surface area contributed by atoms with Gasteiger partial charge >= 0.3 is 0 Å². The van der Waals surface area contributed by atoms with Crippen LogP contribution in [0.2, 0.25) is 0 Å². The maximum absolute atomic E-state index is 13.5. The van der Waals surface area contributed by atoms with Crippen LogP contribution in [0.25, 0.3) is 11.4 Å². The molecule has 2 aliphatic rings. The van der Waals surface area contributed by atoms with E-state index in [2.05, 4.69) is 20.2 Å². The number of benzene rings is 1. The van der Waals surface area contributed by atoms with Crippen molar-refractivity contribution in [2.24, 2.45) is 0 Å². The summed E-state index contributed by atoms with van der Waals surface area (Å²) in [7, 11) is -3.68. The summed E-state index contributed by atoms with van der Waals surface area (Å²) in [5, 5.41) is 5.12. The first-order chi connectivity index (χ1) is 17.0. The Morgan fingerprint density at radius 2 is 1.80 bits per heavy atom. The number of pyridine rings is 1. The fourth-order valence-corrected chi connectivity index (χ4v) is 6.56. The van der Waals surface area contributed by atoms with E-state index in [-0.39, 0.29) is 4.90 Å². The average Bonchev–Trinajstić information content (AvgIpc) is 3.38. The molecule has 184 valence electrons. The van der Waals surface area contributed by atoms with Crippen LogP contribution < -0.4 is 10.2 Å². The second-order valence-electron chi connectivity index (χ2n) is 8.45. The lowest BCUT2D eigenvalue weighted by Crippen LogP contribution is -2.38. The lowest BCUT2D eigenvalue weighted by atomic mass is 10.1. The van der Waals surface area contributed by atoms with Crippen molar-refractivity contribution in [3.8, 4) is 11.4 Å². The fraction of sp³-hybridized carbons (Fsp3) is 0.375. The zero-order valence-electron chi connectivity index (χ0n) is 19.2. The molecule has 0 radical (unpaired) electrons. The largest absolute Gasteiger partial charge is 0.378 e. The Morgan fingerprint density at radius 3 is 2.54 bits per heavy atom. The minimum Gasteiger partial charge on any atom is -0.378 e. The molecule has 4 heterocycles. The number of ether oxygens (including phenoxy) is 1. The predicted molar refractivity (Wildman–Crippen MR) is 135 cm³/mol. The number of piperidine rings is 1. The quantitative estimate of drug-likeness (QED) is 0.538. The molecular formula is C24H27N5O4S2. The summed E-state index contributed by atoms with van der Waals surface area (Å²) in [5.74, 6) is -0.399. The number of carbonyl (C=O) groups is 1. The van der Waals surface area contributed by atoms with Crippen LogP contribution in [0, 0.1) is 0 Å². The Balaban J connectivity index is 1.46. The first-order valence-electron chi connectivity index (χ1n) is 11.7. The molecule has 2 fully saturated rings. The van der Waals surface area contributed by atoms with E-state index < -0.39 is 15.9 Å². The molecule has 0 aliphatic carbocycles. The molecular weight excluding hydrogens is 486 g/mol. The van der Waals surface area contributed by atoms with Gasteiger partial charge in [0.05, 0.1) is 29.4 Å². The Bertz CT molecular complexity index is 1280. The molecule has 0 bridgehead atoms. The SMILES string of the molecule is O=C(Nc1nc(-c2ccccn2)cs1)c1cc(S(=O)(=O)N2CCCCC2)ccc1N1CCOCC1. The highest BCUT2D eigenvalue weighted by molar-refractivity contribution is 7.89. The van der Waals surface area contributed by atoms with E-state index >= 15 is 0 Å². The average molecular weight is 514 g/mol. The van der Waals surface area contributed by atoms with Crippen LogP contribution in [0.5, 0.6) is 0 Å². The monoisotopic (exact) mass is 513 g/mol. The molecule has 2 saturated heterocycles. The number of hydrogen-bond acceptors (Lipinski definition) is 8. The van der Waals surface area contributed by atoms with Crippen LogP contribution in [-0.4, -0.2) is 68.0 Å².